The van der Waals surface area contributed by atoms with Gasteiger partial charge >= 0.3 is 0 Å². The second-order valence-corrected chi connectivity index (χ2v) is 4.95. The first kappa shape index (κ1) is 14.5. The van der Waals surface area contributed by atoms with Gasteiger partial charge in [-0.05, 0) is 44.5 Å². The molecule has 3 nitrogen and oxygen atoms in total. The molecule has 1 aromatic carbocycles. The molecule has 2 rings (SSSR count). The first-order chi connectivity index (χ1) is 9.65. The van der Waals surface area contributed by atoms with Crippen LogP contribution in [0, 0.1) is 6.92 Å². The average Bonchev–Trinajstić information content (AvgIpc) is 2.50. The average molecular weight is 270 g/mol. The molecule has 3 heteroatoms. The fourth-order valence-corrected chi connectivity index (χ4v) is 2.20. The van der Waals surface area contributed by atoms with Crippen molar-refractivity contribution in [2.24, 2.45) is 0 Å². The van der Waals surface area contributed by atoms with E-state index in [0.29, 0.717) is 6.42 Å². The molecule has 2 aromatic rings. The second kappa shape index (κ2) is 6.53. The van der Waals surface area contributed by atoms with Gasteiger partial charge in [-0.15, -0.1) is 0 Å². The van der Waals surface area contributed by atoms with E-state index in [0.717, 1.165) is 23.6 Å². The molecule has 0 saturated heterocycles. The molecule has 0 bridgehead atoms. The van der Waals surface area contributed by atoms with Crippen LogP contribution in [0.3, 0.4) is 0 Å². The molecule has 0 aliphatic heterocycles. The summed E-state index contributed by atoms with van der Waals surface area (Å²) in [5, 5.41) is 9.79. The van der Waals surface area contributed by atoms with E-state index in [1.807, 2.05) is 25.3 Å². The van der Waals surface area contributed by atoms with Crippen LogP contribution >= 0.6 is 0 Å². The Bertz CT molecular complexity index is 534. The highest BCUT2D eigenvalue weighted by Gasteiger charge is 2.10. The fourth-order valence-electron chi connectivity index (χ4n) is 2.20. The first-order valence-corrected chi connectivity index (χ1v) is 7.14. The van der Waals surface area contributed by atoms with Gasteiger partial charge in [-0.2, -0.15) is 0 Å². The predicted octanol–water partition coefficient (Wildman–Crippen LogP) is 3.99. The molecule has 106 valence electrons. The second-order valence-electron chi connectivity index (χ2n) is 4.95. The predicted molar refractivity (Wildman–Crippen MR) is 83.3 cm³/mol. The lowest BCUT2D eigenvalue weighted by Crippen LogP contribution is -2.16. The van der Waals surface area contributed by atoms with E-state index in [1.54, 1.807) is 0 Å². The number of rotatable bonds is 5. The van der Waals surface area contributed by atoms with Crippen molar-refractivity contribution in [3.8, 4) is 0 Å². The number of benzene rings is 1. The van der Waals surface area contributed by atoms with E-state index in [9.17, 15) is 5.11 Å². The van der Waals surface area contributed by atoms with Gasteiger partial charge < -0.3 is 10.0 Å². The third kappa shape index (κ3) is 3.17. The fraction of sp³-hybridized carbons (Fsp3) is 0.353. The zero-order chi connectivity index (χ0) is 14.5. The van der Waals surface area contributed by atoms with Crippen molar-refractivity contribution in [1.29, 1.82) is 0 Å². The molecule has 1 heterocycles. The lowest BCUT2D eigenvalue weighted by atomic mass is 10.1. The Morgan fingerprint density at radius 2 is 1.70 bits per heavy atom. The molecule has 0 radical (unpaired) electrons. The van der Waals surface area contributed by atoms with Crippen LogP contribution in [0.1, 0.15) is 37.6 Å². The maximum Gasteiger partial charge on any atom is 0.0957 e. The lowest BCUT2D eigenvalue weighted by molar-refractivity contribution is 0.169. The van der Waals surface area contributed by atoms with E-state index >= 15 is 0 Å². The summed E-state index contributed by atoms with van der Waals surface area (Å²) in [6, 6.07) is 12.4. The number of aliphatic hydroxyl groups excluding tert-OH is 1. The van der Waals surface area contributed by atoms with Gasteiger partial charge in [0.15, 0.2) is 0 Å². The summed E-state index contributed by atoms with van der Waals surface area (Å²) >= 11 is 0. The van der Waals surface area contributed by atoms with Gasteiger partial charge in [-0.1, -0.05) is 24.6 Å². The summed E-state index contributed by atoms with van der Waals surface area (Å²) in [7, 11) is 0. The third-order valence-electron chi connectivity index (χ3n) is 3.47. The summed E-state index contributed by atoms with van der Waals surface area (Å²) in [6.07, 6.45) is 2.04. The Balaban J connectivity index is 2.25. The number of aromatic nitrogens is 1. The van der Waals surface area contributed by atoms with Crippen LogP contribution in [0.4, 0.5) is 11.4 Å². The monoisotopic (exact) mass is 270 g/mol. The molecular formula is C17H22N2O. The van der Waals surface area contributed by atoms with Gasteiger partial charge in [-0.3, -0.25) is 4.98 Å². The molecule has 1 unspecified atom stereocenters. The van der Waals surface area contributed by atoms with Gasteiger partial charge in [0.25, 0.3) is 0 Å². The Hall–Kier alpha value is -1.87. The van der Waals surface area contributed by atoms with E-state index in [1.165, 1.54) is 5.56 Å². The normalized spacial score (nSPS) is 12.2. The molecule has 0 aliphatic carbocycles. The number of nitrogens with zero attached hydrogens (tertiary/aromatic N) is 2. The highest BCUT2D eigenvalue weighted by atomic mass is 16.3. The van der Waals surface area contributed by atoms with Crippen LogP contribution in [0.15, 0.2) is 42.6 Å². The van der Waals surface area contributed by atoms with E-state index in [4.69, 9.17) is 0 Å². The quantitative estimate of drug-likeness (QED) is 0.892. The maximum atomic E-state index is 9.79. The third-order valence-corrected chi connectivity index (χ3v) is 3.47. The molecule has 1 aromatic heterocycles. The highest BCUT2D eigenvalue weighted by Crippen LogP contribution is 2.26. The summed E-state index contributed by atoms with van der Waals surface area (Å²) in [5.74, 6) is 0. The SMILES string of the molecule is CCC(O)c1ccc(N(CC)c2ccc(C)cc2)cn1. The standard InChI is InChI=1S/C17H22N2O/c1-4-17(20)16-11-10-15(12-18-16)19(5-2)14-8-6-13(3)7-9-14/h6-12,17,20H,4-5H2,1-3H3. The van der Waals surface area contributed by atoms with Gasteiger partial charge in [0.2, 0.25) is 0 Å². The molecule has 0 spiro atoms. The number of aryl methyl sites for hydroxylation is 1. The van der Waals surface area contributed by atoms with Crippen molar-refractivity contribution >= 4 is 11.4 Å². The van der Waals surface area contributed by atoms with Gasteiger partial charge in [-0.25, -0.2) is 0 Å². The van der Waals surface area contributed by atoms with Crippen LogP contribution < -0.4 is 4.90 Å². The molecule has 0 aliphatic rings. The van der Waals surface area contributed by atoms with Crippen LogP contribution in [0.25, 0.3) is 0 Å². The Labute approximate surface area is 120 Å². The van der Waals surface area contributed by atoms with Crippen LogP contribution in [-0.4, -0.2) is 16.6 Å². The zero-order valence-electron chi connectivity index (χ0n) is 12.4. The smallest absolute Gasteiger partial charge is 0.0957 e. The maximum absolute atomic E-state index is 9.79. The summed E-state index contributed by atoms with van der Waals surface area (Å²) in [6.45, 7) is 7.03. The minimum absolute atomic E-state index is 0.474. The van der Waals surface area contributed by atoms with Crippen molar-refractivity contribution < 1.29 is 5.11 Å². The number of anilines is 2. The largest absolute Gasteiger partial charge is 0.387 e. The van der Waals surface area contributed by atoms with Crippen molar-refractivity contribution in [3.63, 3.8) is 0 Å². The molecule has 1 N–H and O–H groups in total. The summed E-state index contributed by atoms with van der Waals surface area (Å²) in [5.41, 5.74) is 4.19. The van der Waals surface area contributed by atoms with E-state index in [-0.39, 0.29) is 0 Å². The molecule has 0 saturated carbocycles. The Morgan fingerprint density at radius 3 is 2.20 bits per heavy atom. The van der Waals surface area contributed by atoms with E-state index in [2.05, 4.69) is 48.0 Å². The molecule has 0 fully saturated rings. The first-order valence-electron chi connectivity index (χ1n) is 7.14. The molecule has 1 atom stereocenters. The topological polar surface area (TPSA) is 36.4 Å². The highest BCUT2D eigenvalue weighted by molar-refractivity contribution is 5.62. The van der Waals surface area contributed by atoms with Crippen LogP contribution in [-0.2, 0) is 0 Å². The zero-order valence-corrected chi connectivity index (χ0v) is 12.4. The minimum atomic E-state index is -0.474. The van der Waals surface area contributed by atoms with Gasteiger partial charge in [0.05, 0.1) is 23.7 Å². The minimum Gasteiger partial charge on any atom is -0.387 e. The van der Waals surface area contributed by atoms with Gasteiger partial charge in [0, 0.05) is 12.2 Å². The number of pyridine rings is 1. The number of hydrogen-bond donors (Lipinski definition) is 1. The molecular weight excluding hydrogens is 248 g/mol. The Morgan fingerprint density at radius 1 is 1.05 bits per heavy atom. The lowest BCUT2D eigenvalue weighted by Gasteiger charge is -2.23. The van der Waals surface area contributed by atoms with Crippen molar-refractivity contribution in [2.75, 3.05) is 11.4 Å². The Kier molecular flexibility index (Phi) is 4.74. The number of aliphatic hydroxyl groups is 1. The summed E-state index contributed by atoms with van der Waals surface area (Å²) < 4.78 is 0. The van der Waals surface area contributed by atoms with Crippen LogP contribution in [0.2, 0.25) is 0 Å². The van der Waals surface area contributed by atoms with E-state index < -0.39 is 6.10 Å². The molecule has 0 amide bonds. The van der Waals surface area contributed by atoms with Crippen LogP contribution in [0.5, 0.6) is 0 Å². The summed E-state index contributed by atoms with van der Waals surface area (Å²) in [4.78, 5) is 6.57. The van der Waals surface area contributed by atoms with Crippen molar-refractivity contribution in [1.82, 2.24) is 4.98 Å². The number of hydrogen-bond acceptors (Lipinski definition) is 3. The van der Waals surface area contributed by atoms with Crippen molar-refractivity contribution in [2.45, 2.75) is 33.3 Å². The van der Waals surface area contributed by atoms with Gasteiger partial charge in [0.1, 0.15) is 0 Å². The molecule has 20 heavy (non-hydrogen) atoms. The van der Waals surface area contributed by atoms with Crippen molar-refractivity contribution in [3.05, 3.63) is 53.9 Å².